The monoisotopic (exact) mass is 424 g/mol. The molecule has 0 unspecified atom stereocenters. The molecule has 0 aromatic heterocycles. The molecular formula is C21H26Cl2N2O3. The summed E-state index contributed by atoms with van der Waals surface area (Å²) in [4.78, 5) is 28.2. The van der Waals surface area contributed by atoms with Gasteiger partial charge < -0.3 is 15.0 Å². The lowest BCUT2D eigenvalue weighted by molar-refractivity contribution is -0.144. The SMILES string of the molecule is O=C(NC1CC1)[C@@H]1CCCN(C(=O)C2(c3ccc(Cl)cc3Cl)CCOCC2)C1. The lowest BCUT2D eigenvalue weighted by atomic mass is 9.72. The summed E-state index contributed by atoms with van der Waals surface area (Å²) in [6.07, 6.45) is 4.99. The van der Waals surface area contributed by atoms with Crippen molar-refractivity contribution in [1.82, 2.24) is 10.2 Å². The maximum absolute atomic E-state index is 13.8. The van der Waals surface area contributed by atoms with Crippen LogP contribution in [-0.4, -0.2) is 49.1 Å². The predicted octanol–water partition coefficient (Wildman–Crippen LogP) is 3.56. The molecule has 2 saturated heterocycles. The van der Waals surface area contributed by atoms with Gasteiger partial charge in [0.25, 0.3) is 0 Å². The summed E-state index contributed by atoms with van der Waals surface area (Å²) >= 11 is 12.6. The Kier molecular flexibility index (Phi) is 5.86. The minimum Gasteiger partial charge on any atom is -0.381 e. The van der Waals surface area contributed by atoms with Crippen LogP contribution in [-0.2, 0) is 19.7 Å². The second-order valence-electron chi connectivity index (χ2n) is 8.19. The highest BCUT2D eigenvalue weighted by molar-refractivity contribution is 6.35. The summed E-state index contributed by atoms with van der Waals surface area (Å²) < 4.78 is 5.55. The van der Waals surface area contributed by atoms with Gasteiger partial charge in [0.05, 0.1) is 11.3 Å². The zero-order valence-electron chi connectivity index (χ0n) is 15.9. The number of ether oxygens (including phenoxy) is 1. The maximum atomic E-state index is 13.8. The molecule has 2 amide bonds. The second-order valence-corrected chi connectivity index (χ2v) is 9.04. The van der Waals surface area contributed by atoms with E-state index in [1.807, 2.05) is 11.0 Å². The van der Waals surface area contributed by atoms with Crippen molar-refractivity contribution in [3.8, 4) is 0 Å². The maximum Gasteiger partial charge on any atom is 0.233 e. The van der Waals surface area contributed by atoms with Crippen molar-refractivity contribution < 1.29 is 14.3 Å². The average molecular weight is 425 g/mol. The van der Waals surface area contributed by atoms with Gasteiger partial charge in [-0.05, 0) is 56.2 Å². The topological polar surface area (TPSA) is 58.6 Å². The molecular weight excluding hydrogens is 399 g/mol. The van der Waals surface area contributed by atoms with Crippen molar-refractivity contribution >= 4 is 35.0 Å². The van der Waals surface area contributed by atoms with Crippen LogP contribution >= 0.6 is 23.2 Å². The third-order valence-electron chi connectivity index (χ3n) is 6.21. The molecule has 0 bridgehead atoms. The molecule has 0 radical (unpaired) electrons. The molecule has 1 atom stereocenters. The predicted molar refractivity (Wildman–Crippen MR) is 109 cm³/mol. The highest BCUT2D eigenvalue weighted by Crippen LogP contribution is 2.41. The molecule has 28 heavy (non-hydrogen) atoms. The van der Waals surface area contributed by atoms with Crippen LogP contribution in [0.25, 0.3) is 0 Å². The van der Waals surface area contributed by atoms with Gasteiger partial charge in [0.1, 0.15) is 0 Å². The normalized spacial score (nSPS) is 24.6. The number of likely N-dealkylation sites (tertiary alicyclic amines) is 1. The van der Waals surface area contributed by atoms with E-state index in [9.17, 15) is 9.59 Å². The number of carbonyl (C=O) groups is 2. The van der Waals surface area contributed by atoms with Gasteiger partial charge in [0, 0.05) is 42.4 Å². The Bertz CT molecular complexity index is 760. The number of benzene rings is 1. The first-order valence-corrected chi connectivity index (χ1v) is 10.9. The van der Waals surface area contributed by atoms with E-state index in [4.69, 9.17) is 27.9 Å². The van der Waals surface area contributed by atoms with E-state index < -0.39 is 5.41 Å². The molecule has 1 N–H and O–H groups in total. The molecule has 1 aromatic rings. The number of piperidine rings is 1. The zero-order chi connectivity index (χ0) is 19.7. The summed E-state index contributed by atoms with van der Waals surface area (Å²) in [5.41, 5.74) is 0.103. The highest BCUT2D eigenvalue weighted by atomic mass is 35.5. The summed E-state index contributed by atoms with van der Waals surface area (Å²) in [5, 5.41) is 4.16. The second kappa shape index (κ2) is 8.21. The Labute approximate surface area is 175 Å². The minimum absolute atomic E-state index is 0.0592. The van der Waals surface area contributed by atoms with Crippen molar-refractivity contribution in [3.05, 3.63) is 33.8 Å². The molecule has 3 aliphatic rings. The van der Waals surface area contributed by atoms with Gasteiger partial charge in [-0.1, -0.05) is 29.3 Å². The van der Waals surface area contributed by atoms with Crippen LogP contribution < -0.4 is 5.32 Å². The highest BCUT2D eigenvalue weighted by Gasteiger charge is 2.46. The molecule has 3 fully saturated rings. The summed E-state index contributed by atoms with van der Waals surface area (Å²) in [6.45, 7) is 2.19. The molecule has 2 aliphatic heterocycles. The number of halogens is 2. The van der Waals surface area contributed by atoms with Crippen molar-refractivity contribution in [2.75, 3.05) is 26.3 Å². The van der Waals surface area contributed by atoms with Crippen LogP contribution in [0, 0.1) is 5.92 Å². The molecule has 4 rings (SSSR count). The van der Waals surface area contributed by atoms with Crippen LogP contribution in [0.15, 0.2) is 18.2 Å². The first kappa shape index (κ1) is 20.0. The fraction of sp³-hybridized carbons (Fsp3) is 0.619. The molecule has 2 heterocycles. The first-order valence-electron chi connectivity index (χ1n) is 10.1. The smallest absolute Gasteiger partial charge is 0.233 e. The number of nitrogens with one attached hydrogen (secondary N) is 1. The number of carbonyl (C=O) groups excluding carboxylic acids is 2. The van der Waals surface area contributed by atoms with E-state index in [1.165, 1.54) is 0 Å². The Morgan fingerprint density at radius 3 is 2.57 bits per heavy atom. The largest absolute Gasteiger partial charge is 0.381 e. The van der Waals surface area contributed by atoms with Crippen LogP contribution in [0.1, 0.15) is 44.1 Å². The van der Waals surface area contributed by atoms with E-state index in [0.717, 1.165) is 31.2 Å². The number of hydrogen-bond donors (Lipinski definition) is 1. The summed E-state index contributed by atoms with van der Waals surface area (Å²) in [7, 11) is 0. The molecule has 1 aliphatic carbocycles. The van der Waals surface area contributed by atoms with E-state index in [0.29, 0.717) is 55.2 Å². The van der Waals surface area contributed by atoms with E-state index in [1.54, 1.807) is 12.1 Å². The van der Waals surface area contributed by atoms with Gasteiger partial charge in [-0.25, -0.2) is 0 Å². The average Bonchev–Trinajstić information content (AvgIpc) is 3.52. The van der Waals surface area contributed by atoms with Crippen molar-refractivity contribution in [2.24, 2.45) is 5.92 Å². The molecule has 152 valence electrons. The molecule has 1 saturated carbocycles. The van der Waals surface area contributed by atoms with Crippen LogP contribution in [0.5, 0.6) is 0 Å². The Hall–Kier alpha value is -1.30. The first-order chi connectivity index (χ1) is 13.5. The fourth-order valence-electron chi connectivity index (χ4n) is 4.42. The standard InChI is InChI=1S/C21H26Cl2N2O3/c22-15-3-6-17(18(23)12-15)21(7-10-28-11-8-21)20(27)25-9-1-2-14(13-25)19(26)24-16-4-5-16/h3,6,12,14,16H,1-2,4-5,7-11,13H2,(H,24,26)/t14-/m1/s1. The molecule has 0 spiro atoms. The minimum atomic E-state index is -0.714. The van der Waals surface area contributed by atoms with Gasteiger partial charge >= 0.3 is 0 Å². The number of nitrogens with zero attached hydrogens (tertiary/aromatic N) is 1. The fourth-order valence-corrected chi connectivity index (χ4v) is 5.01. The number of rotatable bonds is 4. The van der Waals surface area contributed by atoms with Crippen molar-refractivity contribution in [1.29, 1.82) is 0 Å². The summed E-state index contributed by atoms with van der Waals surface area (Å²) in [6, 6.07) is 5.70. The van der Waals surface area contributed by atoms with Crippen LogP contribution in [0.4, 0.5) is 0 Å². The molecule has 1 aromatic carbocycles. The Balaban J connectivity index is 1.57. The van der Waals surface area contributed by atoms with Gasteiger partial charge in [-0.15, -0.1) is 0 Å². The lowest BCUT2D eigenvalue weighted by Crippen LogP contribution is -2.54. The third-order valence-corrected chi connectivity index (χ3v) is 6.75. The quantitative estimate of drug-likeness (QED) is 0.803. The Morgan fingerprint density at radius 2 is 1.89 bits per heavy atom. The van der Waals surface area contributed by atoms with Crippen LogP contribution in [0.2, 0.25) is 10.0 Å². The number of hydrogen-bond acceptors (Lipinski definition) is 3. The summed E-state index contributed by atoms with van der Waals surface area (Å²) in [5.74, 6) is 0.0189. The zero-order valence-corrected chi connectivity index (χ0v) is 17.4. The van der Waals surface area contributed by atoms with Crippen molar-refractivity contribution in [3.63, 3.8) is 0 Å². The van der Waals surface area contributed by atoms with E-state index in [2.05, 4.69) is 5.32 Å². The lowest BCUT2D eigenvalue weighted by Gasteiger charge is -2.43. The van der Waals surface area contributed by atoms with E-state index >= 15 is 0 Å². The van der Waals surface area contributed by atoms with Crippen molar-refractivity contribution in [2.45, 2.75) is 50.0 Å². The molecule has 5 nitrogen and oxygen atoms in total. The number of amides is 2. The van der Waals surface area contributed by atoms with Crippen LogP contribution in [0.3, 0.4) is 0 Å². The van der Waals surface area contributed by atoms with Gasteiger partial charge in [0.2, 0.25) is 11.8 Å². The molecule has 7 heteroatoms. The van der Waals surface area contributed by atoms with Gasteiger partial charge in [-0.3, -0.25) is 9.59 Å². The van der Waals surface area contributed by atoms with Gasteiger partial charge in [0.15, 0.2) is 0 Å². The van der Waals surface area contributed by atoms with E-state index in [-0.39, 0.29) is 17.7 Å². The van der Waals surface area contributed by atoms with Gasteiger partial charge in [-0.2, -0.15) is 0 Å². The third kappa shape index (κ3) is 4.03. The Morgan fingerprint density at radius 1 is 1.14 bits per heavy atom.